The lowest BCUT2D eigenvalue weighted by Crippen LogP contribution is -2.49. The average molecular weight is 318 g/mol. The number of hydrogen-bond donors (Lipinski definition) is 0. The van der Waals surface area contributed by atoms with E-state index in [9.17, 15) is 13.2 Å². The molecule has 1 saturated heterocycles. The second kappa shape index (κ2) is 5.79. The molecule has 0 N–H and O–H groups in total. The monoisotopic (exact) mass is 318 g/mol. The summed E-state index contributed by atoms with van der Waals surface area (Å²) in [5.74, 6) is -0.917. The molecule has 0 bridgehead atoms. The molecule has 1 aliphatic rings. The molecular formula is C12H18N2O4S2. The van der Waals surface area contributed by atoms with Crippen molar-refractivity contribution in [1.82, 2.24) is 9.88 Å². The quantitative estimate of drug-likeness (QED) is 0.826. The van der Waals surface area contributed by atoms with Gasteiger partial charge in [-0.2, -0.15) is 0 Å². The van der Waals surface area contributed by atoms with E-state index in [2.05, 4.69) is 4.98 Å². The second-order valence-corrected chi connectivity index (χ2v) is 8.09. The average Bonchev–Trinajstić information content (AvgIpc) is 2.75. The van der Waals surface area contributed by atoms with Crippen LogP contribution in [-0.4, -0.2) is 55.3 Å². The Morgan fingerprint density at radius 3 is 2.55 bits per heavy atom. The molecule has 2 heterocycles. The lowest BCUT2D eigenvalue weighted by molar-refractivity contribution is -0.140. The number of amides is 1. The summed E-state index contributed by atoms with van der Waals surface area (Å²) in [6.07, 6.45) is -0.153. The molecule has 1 amide bonds. The molecule has 20 heavy (non-hydrogen) atoms. The summed E-state index contributed by atoms with van der Waals surface area (Å²) in [7, 11) is -3.65. The molecule has 0 aliphatic carbocycles. The Kier molecular flexibility index (Phi) is 4.46. The second-order valence-electron chi connectivity index (χ2n) is 5.07. The first-order valence-electron chi connectivity index (χ1n) is 6.36. The summed E-state index contributed by atoms with van der Waals surface area (Å²) in [5.41, 5.74) is 0.648. The van der Waals surface area contributed by atoms with Gasteiger partial charge in [0.1, 0.15) is 5.75 Å². The number of carbonyl (C=O) groups excluding carboxylic acids is 1. The van der Waals surface area contributed by atoms with E-state index >= 15 is 0 Å². The predicted molar refractivity (Wildman–Crippen MR) is 75.5 cm³/mol. The maximum Gasteiger partial charge on any atom is 0.238 e. The van der Waals surface area contributed by atoms with Crippen molar-refractivity contribution < 1.29 is 17.9 Å². The number of sulfone groups is 1. The van der Waals surface area contributed by atoms with E-state index in [0.717, 1.165) is 11.3 Å². The van der Waals surface area contributed by atoms with Gasteiger partial charge in [0, 0.05) is 24.2 Å². The Hall–Kier alpha value is -0.990. The van der Waals surface area contributed by atoms with E-state index in [1.54, 1.807) is 17.2 Å². The van der Waals surface area contributed by atoms with Gasteiger partial charge < -0.3 is 9.64 Å². The Morgan fingerprint density at radius 2 is 2.05 bits per heavy atom. The van der Waals surface area contributed by atoms with Crippen LogP contribution in [0.2, 0.25) is 0 Å². The molecule has 1 fully saturated rings. The summed E-state index contributed by atoms with van der Waals surface area (Å²) in [5, 5.41) is 1.66. The van der Waals surface area contributed by atoms with Crippen molar-refractivity contribution >= 4 is 27.1 Å². The van der Waals surface area contributed by atoms with Crippen molar-refractivity contribution in [3.63, 3.8) is 0 Å². The summed E-state index contributed by atoms with van der Waals surface area (Å²) in [4.78, 5) is 17.7. The van der Waals surface area contributed by atoms with Crippen molar-refractivity contribution in [3.05, 3.63) is 11.1 Å². The smallest absolute Gasteiger partial charge is 0.238 e. The molecule has 1 aliphatic heterocycles. The van der Waals surface area contributed by atoms with Crippen LogP contribution in [0.5, 0.6) is 0 Å². The van der Waals surface area contributed by atoms with Gasteiger partial charge in [0.15, 0.2) is 0 Å². The Morgan fingerprint density at radius 1 is 1.45 bits per heavy atom. The van der Waals surface area contributed by atoms with Crippen LogP contribution in [0.1, 0.15) is 19.5 Å². The molecule has 1 aromatic heterocycles. The fourth-order valence-corrected chi connectivity index (χ4v) is 4.51. The van der Waals surface area contributed by atoms with E-state index in [-0.39, 0.29) is 22.5 Å². The SMILES string of the molecule is Cc1csc(S(=O)(=O)CC(=O)N2C[C@@H](C)O[C@H](C)C2)n1. The minimum atomic E-state index is -3.65. The number of aryl methyl sites for hydroxylation is 1. The lowest BCUT2D eigenvalue weighted by Gasteiger charge is -2.35. The number of carbonyl (C=O) groups is 1. The molecule has 6 nitrogen and oxygen atoms in total. The van der Waals surface area contributed by atoms with Crippen LogP contribution >= 0.6 is 11.3 Å². The van der Waals surface area contributed by atoms with Gasteiger partial charge >= 0.3 is 0 Å². The van der Waals surface area contributed by atoms with E-state index < -0.39 is 15.6 Å². The van der Waals surface area contributed by atoms with Crippen LogP contribution in [0.4, 0.5) is 0 Å². The van der Waals surface area contributed by atoms with Gasteiger partial charge in [-0.05, 0) is 20.8 Å². The number of ether oxygens (including phenoxy) is 1. The number of thiazole rings is 1. The fraction of sp³-hybridized carbons (Fsp3) is 0.667. The van der Waals surface area contributed by atoms with Crippen molar-refractivity contribution in [3.8, 4) is 0 Å². The molecular weight excluding hydrogens is 300 g/mol. The minimum absolute atomic E-state index is 0.0118. The Balaban J connectivity index is 2.07. The van der Waals surface area contributed by atoms with Gasteiger partial charge in [0.25, 0.3) is 0 Å². The maximum atomic E-state index is 12.2. The first kappa shape index (κ1) is 15.4. The number of aromatic nitrogens is 1. The Labute approximate surface area is 122 Å². The standard InChI is InChI=1S/C12H18N2O4S2/c1-8-6-19-12(13-8)20(16,17)7-11(15)14-4-9(2)18-10(3)5-14/h6,9-10H,4-5,7H2,1-3H3/t9-,10-/m1/s1. The fourth-order valence-electron chi connectivity index (χ4n) is 2.17. The molecule has 2 rings (SSSR count). The van der Waals surface area contributed by atoms with Crippen LogP contribution in [-0.2, 0) is 19.4 Å². The number of morpholine rings is 1. The van der Waals surface area contributed by atoms with Gasteiger partial charge in [-0.15, -0.1) is 11.3 Å². The van der Waals surface area contributed by atoms with Gasteiger partial charge in [-0.3, -0.25) is 4.79 Å². The summed E-state index contributed by atoms with van der Waals surface area (Å²) >= 11 is 1.05. The van der Waals surface area contributed by atoms with E-state index in [4.69, 9.17) is 4.74 Å². The third-order valence-electron chi connectivity index (χ3n) is 2.95. The van der Waals surface area contributed by atoms with Gasteiger partial charge in [-0.1, -0.05) is 0 Å². The first-order chi connectivity index (χ1) is 9.28. The highest BCUT2D eigenvalue weighted by Crippen LogP contribution is 2.18. The summed E-state index contributed by atoms with van der Waals surface area (Å²) < 4.78 is 29.8. The molecule has 0 spiro atoms. The summed E-state index contributed by atoms with van der Waals surface area (Å²) in [6, 6.07) is 0. The molecule has 0 aromatic carbocycles. The van der Waals surface area contributed by atoms with Crippen LogP contribution in [0.15, 0.2) is 9.72 Å². The summed E-state index contributed by atoms with van der Waals surface area (Å²) in [6.45, 7) is 6.32. The molecule has 2 atom stereocenters. The van der Waals surface area contributed by atoms with Crippen molar-refractivity contribution in [2.24, 2.45) is 0 Å². The third kappa shape index (κ3) is 3.56. The van der Waals surface area contributed by atoms with Gasteiger partial charge in [-0.25, -0.2) is 13.4 Å². The third-order valence-corrected chi connectivity index (χ3v) is 6.00. The maximum absolute atomic E-state index is 12.2. The molecule has 0 radical (unpaired) electrons. The molecule has 112 valence electrons. The lowest BCUT2D eigenvalue weighted by atomic mass is 10.2. The van der Waals surface area contributed by atoms with Crippen LogP contribution in [0.25, 0.3) is 0 Å². The van der Waals surface area contributed by atoms with Gasteiger partial charge in [0.2, 0.25) is 20.1 Å². The largest absolute Gasteiger partial charge is 0.372 e. The minimum Gasteiger partial charge on any atom is -0.372 e. The topological polar surface area (TPSA) is 76.6 Å². The van der Waals surface area contributed by atoms with E-state index in [0.29, 0.717) is 18.8 Å². The van der Waals surface area contributed by atoms with Crippen LogP contribution < -0.4 is 0 Å². The van der Waals surface area contributed by atoms with Crippen LogP contribution in [0.3, 0.4) is 0 Å². The highest BCUT2D eigenvalue weighted by molar-refractivity contribution is 7.93. The number of rotatable bonds is 3. The zero-order valence-electron chi connectivity index (χ0n) is 11.7. The van der Waals surface area contributed by atoms with E-state index in [1.807, 2.05) is 13.8 Å². The first-order valence-corrected chi connectivity index (χ1v) is 8.89. The highest BCUT2D eigenvalue weighted by atomic mass is 32.2. The molecule has 1 aromatic rings. The molecule has 8 heteroatoms. The number of nitrogens with zero attached hydrogens (tertiary/aromatic N) is 2. The molecule has 0 saturated carbocycles. The van der Waals surface area contributed by atoms with Gasteiger partial charge in [0.05, 0.1) is 12.2 Å². The zero-order chi connectivity index (χ0) is 14.9. The van der Waals surface area contributed by atoms with Crippen molar-refractivity contribution in [1.29, 1.82) is 0 Å². The van der Waals surface area contributed by atoms with Crippen molar-refractivity contribution in [2.75, 3.05) is 18.8 Å². The highest BCUT2D eigenvalue weighted by Gasteiger charge is 2.30. The number of hydrogen-bond acceptors (Lipinski definition) is 6. The normalized spacial score (nSPS) is 23.9. The predicted octanol–water partition coefficient (Wildman–Crippen LogP) is 0.861. The van der Waals surface area contributed by atoms with Crippen molar-refractivity contribution in [2.45, 2.75) is 37.3 Å². The van der Waals surface area contributed by atoms with Crippen LogP contribution in [0, 0.1) is 6.92 Å². The zero-order valence-corrected chi connectivity index (χ0v) is 13.3. The van der Waals surface area contributed by atoms with E-state index in [1.165, 1.54) is 0 Å². The molecule has 0 unspecified atom stereocenters. The Bertz CT molecular complexity index is 586.